The zero-order chi connectivity index (χ0) is 14.7. The largest absolute Gasteiger partial charge is 0.507 e. The van der Waals surface area contributed by atoms with Gasteiger partial charge in [-0.15, -0.1) is 0 Å². The highest BCUT2D eigenvalue weighted by atomic mass is 16.3. The second-order valence-electron chi connectivity index (χ2n) is 4.43. The molecule has 0 fully saturated rings. The zero-order valence-electron chi connectivity index (χ0n) is 10.5. The number of hydrogen-bond acceptors (Lipinski definition) is 5. The summed E-state index contributed by atoms with van der Waals surface area (Å²) in [6, 6.07) is 4.19. The Balaban J connectivity index is 2.24. The maximum Gasteiger partial charge on any atom is 0.169 e. The second-order valence-corrected chi connectivity index (χ2v) is 4.43. The summed E-state index contributed by atoms with van der Waals surface area (Å²) in [5, 5.41) is 37.6. The summed E-state index contributed by atoms with van der Waals surface area (Å²) in [4.78, 5) is 11.6. The first kappa shape index (κ1) is 13.9. The van der Waals surface area contributed by atoms with Crippen molar-refractivity contribution in [3.63, 3.8) is 0 Å². The van der Waals surface area contributed by atoms with Crippen LogP contribution in [0.1, 0.15) is 12.0 Å². The van der Waals surface area contributed by atoms with Crippen LogP contribution in [0.25, 0.3) is 6.08 Å². The average molecular weight is 274 g/mol. The quantitative estimate of drug-likeness (QED) is 0.374. The molecule has 5 heteroatoms. The molecule has 1 unspecified atom stereocenters. The summed E-state index contributed by atoms with van der Waals surface area (Å²) in [6.07, 6.45) is 4.77. The minimum Gasteiger partial charge on any atom is -0.507 e. The van der Waals surface area contributed by atoms with E-state index >= 15 is 0 Å². The van der Waals surface area contributed by atoms with Crippen molar-refractivity contribution in [1.82, 2.24) is 0 Å². The van der Waals surface area contributed by atoms with Crippen molar-refractivity contribution in [3.8, 4) is 11.5 Å². The third-order valence-electron chi connectivity index (χ3n) is 2.89. The van der Waals surface area contributed by atoms with Crippen molar-refractivity contribution in [2.24, 2.45) is 0 Å². The van der Waals surface area contributed by atoms with Crippen LogP contribution in [-0.4, -0.2) is 32.3 Å². The van der Waals surface area contributed by atoms with Crippen LogP contribution in [0.4, 0.5) is 0 Å². The van der Waals surface area contributed by atoms with Crippen LogP contribution in [0.15, 0.2) is 47.8 Å². The first-order valence-corrected chi connectivity index (χ1v) is 6.00. The number of aromatic hydroxyl groups is 2. The molecular weight excluding hydrogens is 260 g/mol. The Morgan fingerprint density at radius 3 is 2.65 bits per heavy atom. The molecule has 2 rings (SSSR count). The number of benzene rings is 1. The van der Waals surface area contributed by atoms with Crippen LogP contribution < -0.4 is 0 Å². The number of hydrogen-bond donors (Lipinski definition) is 4. The van der Waals surface area contributed by atoms with Gasteiger partial charge in [0.15, 0.2) is 17.3 Å². The van der Waals surface area contributed by atoms with Crippen LogP contribution in [0.5, 0.6) is 11.5 Å². The Morgan fingerprint density at radius 2 is 2.00 bits per heavy atom. The first-order valence-electron chi connectivity index (χ1n) is 6.00. The van der Waals surface area contributed by atoms with Gasteiger partial charge in [-0.05, 0) is 29.8 Å². The number of Topliss-reactive ketones (excluding diaryl/α,β-unsaturated/α-hetero) is 1. The molecule has 0 aromatic heterocycles. The summed E-state index contributed by atoms with van der Waals surface area (Å²) in [6.45, 7) is 0. The maximum absolute atomic E-state index is 11.6. The fourth-order valence-corrected chi connectivity index (χ4v) is 1.81. The highest BCUT2D eigenvalue weighted by Crippen LogP contribution is 2.25. The Hall–Kier alpha value is -2.53. The lowest BCUT2D eigenvalue weighted by atomic mass is 9.97. The summed E-state index contributed by atoms with van der Waals surface area (Å²) in [5.74, 6) is -1.05. The summed E-state index contributed by atoms with van der Waals surface area (Å²) >= 11 is 0. The number of ketones is 1. The number of aliphatic hydroxyl groups is 2. The van der Waals surface area contributed by atoms with E-state index in [1.54, 1.807) is 6.07 Å². The maximum atomic E-state index is 11.6. The van der Waals surface area contributed by atoms with Gasteiger partial charge in [-0.1, -0.05) is 18.2 Å². The van der Waals surface area contributed by atoms with Crippen molar-refractivity contribution in [3.05, 3.63) is 53.3 Å². The Bertz CT molecular complexity index is 625. The fourth-order valence-electron chi connectivity index (χ4n) is 1.81. The van der Waals surface area contributed by atoms with Gasteiger partial charge >= 0.3 is 0 Å². The summed E-state index contributed by atoms with van der Waals surface area (Å²) in [7, 11) is 0. The molecule has 5 nitrogen and oxygen atoms in total. The number of carbonyl (C=O) groups is 1. The number of rotatable bonds is 2. The van der Waals surface area contributed by atoms with E-state index in [1.807, 2.05) is 0 Å². The number of phenols is 2. The third-order valence-corrected chi connectivity index (χ3v) is 2.89. The number of allylic oxidation sites excluding steroid dienone is 3. The minimum atomic E-state index is -0.808. The molecule has 0 bridgehead atoms. The molecule has 1 aliphatic carbocycles. The highest BCUT2D eigenvalue weighted by Gasteiger charge is 2.19. The van der Waals surface area contributed by atoms with Gasteiger partial charge in [0.2, 0.25) is 0 Å². The van der Waals surface area contributed by atoms with Crippen molar-refractivity contribution in [1.29, 1.82) is 0 Å². The predicted octanol–water partition coefficient (Wildman–Crippen LogP) is 1.81. The van der Waals surface area contributed by atoms with E-state index in [0.717, 1.165) is 0 Å². The molecule has 0 spiro atoms. The lowest BCUT2D eigenvalue weighted by Crippen LogP contribution is -2.17. The molecule has 1 aliphatic rings. The Kier molecular flexibility index (Phi) is 3.91. The second kappa shape index (κ2) is 5.63. The van der Waals surface area contributed by atoms with Gasteiger partial charge in [0.25, 0.3) is 0 Å². The monoisotopic (exact) mass is 274 g/mol. The smallest absolute Gasteiger partial charge is 0.169 e. The molecule has 0 amide bonds. The molecule has 1 aromatic rings. The molecule has 104 valence electrons. The van der Waals surface area contributed by atoms with Crippen LogP contribution in [-0.2, 0) is 4.79 Å². The molecule has 1 atom stereocenters. The van der Waals surface area contributed by atoms with Crippen LogP contribution in [0.2, 0.25) is 0 Å². The molecule has 4 N–H and O–H groups in total. The molecule has 0 saturated carbocycles. The lowest BCUT2D eigenvalue weighted by Gasteiger charge is -2.12. The van der Waals surface area contributed by atoms with Gasteiger partial charge in [-0.3, -0.25) is 4.79 Å². The van der Waals surface area contributed by atoms with Crippen LogP contribution in [0.3, 0.4) is 0 Å². The van der Waals surface area contributed by atoms with E-state index in [9.17, 15) is 25.2 Å². The Morgan fingerprint density at radius 1 is 1.25 bits per heavy atom. The molecule has 1 aromatic carbocycles. The first-order chi connectivity index (χ1) is 9.47. The molecule has 0 heterocycles. The Labute approximate surface area is 115 Å². The SMILES string of the molecule is O=C1CC(O)C=CC1=C(O)/C=C/c1ccc(O)c(O)c1. The van der Waals surface area contributed by atoms with Gasteiger partial charge in [0, 0.05) is 6.42 Å². The third kappa shape index (κ3) is 3.07. The van der Waals surface area contributed by atoms with E-state index < -0.39 is 6.10 Å². The fraction of sp³-hybridized carbons (Fsp3) is 0.133. The molecule has 20 heavy (non-hydrogen) atoms. The topological polar surface area (TPSA) is 98.0 Å². The molecule has 0 aliphatic heterocycles. The van der Waals surface area contributed by atoms with Crippen LogP contribution >= 0.6 is 0 Å². The van der Waals surface area contributed by atoms with Gasteiger partial charge < -0.3 is 20.4 Å². The summed E-state index contributed by atoms with van der Waals surface area (Å²) in [5.41, 5.74) is 0.689. The van der Waals surface area contributed by atoms with Gasteiger partial charge in [0.05, 0.1) is 11.7 Å². The van der Waals surface area contributed by atoms with Crippen molar-refractivity contribution in [2.45, 2.75) is 12.5 Å². The van der Waals surface area contributed by atoms with Gasteiger partial charge in [-0.25, -0.2) is 0 Å². The van der Waals surface area contributed by atoms with E-state index in [2.05, 4.69) is 0 Å². The van der Waals surface area contributed by atoms with E-state index in [-0.39, 0.29) is 35.0 Å². The van der Waals surface area contributed by atoms with Gasteiger partial charge in [-0.2, -0.15) is 0 Å². The van der Waals surface area contributed by atoms with Gasteiger partial charge in [0.1, 0.15) is 5.76 Å². The minimum absolute atomic E-state index is 0.0519. The van der Waals surface area contributed by atoms with E-state index in [0.29, 0.717) is 5.56 Å². The average Bonchev–Trinajstić information content (AvgIpc) is 2.40. The van der Waals surface area contributed by atoms with E-state index in [4.69, 9.17) is 0 Å². The standard InChI is InChI=1S/C15H14O5/c16-10-3-4-11(14(19)8-10)12(17)5-1-9-2-6-13(18)15(20)7-9/h1-7,10,16-18,20H,8H2/b5-1+,12-11?. The number of aliphatic hydroxyl groups excluding tert-OH is 2. The molecular formula is C15H14O5. The normalized spacial score (nSPS) is 21.4. The highest BCUT2D eigenvalue weighted by molar-refractivity contribution is 6.00. The zero-order valence-corrected chi connectivity index (χ0v) is 10.5. The number of carbonyl (C=O) groups excluding carboxylic acids is 1. The number of phenolic OH excluding ortho intramolecular Hbond substituents is 2. The van der Waals surface area contributed by atoms with Crippen LogP contribution in [0, 0.1) is 0 Å². The molecule has 0 radical (unpaired) electrons. The lowest BCUT2D eigenvalue weighted by molar-refractivity contribution is -0.117. The van der Waals surface area contributed by atoms with Crippen molar-refractivity contribution < 1.29 is 25.2 Å². The predicted molar refractivity (Wildman–Crippen MR) is 73.2 cm³/mol. The van der Waals surface area contributed by atoms with Crippen molar-refractivity contribution >= 4 is 11.9 Å². The van der Waals surface area contributed by atoms with E-state index in [1.165, 1.54) is 36.4 Å². The summed E-state index contributed by atoms with van der Waals surface area (Å²) < 4.78 is 0. The molecule has 0 saturated heterocycles. The van der Waals surface area contributed by atoms with Crippen molar-refractivity contribution in [2.75, 3.05) is 0 Å².